The molecule has 0 bridgehead atoms. The average Bonchev–Trinajstić information content (AvgIpc) is 1.69. The van der Waals surface area contributed by atoms with Gasteiger partial charge in [-0.2, -0.15) is 6.42 Å². The van der Waals surface area contributed by atoms with E-state index >= 15 is 0 Å². The minimum Gasteiger partial charge on any atom is -0.483 e. The van der Waals surface area contributed by atoms with E-state index in [0.717, 1.165) is 25.1 Å². The van der Waals surface area contributed by atoms with Crippen molar-refractivity contribution in [2.45, 2.75) is 19.3 Å². The first-order chi connectivity index (χ1) is 3.41. The van der Waals surface area contributed by atoms with Crippen molar-refractivity contribution in [1.29, 1.82) is 0 Å². The second-order valence-corrected chi connectivity index (χ2v) is 1.80. The quantitative estimate of drug-likeness (QED) is 0.395. The van der Waals surface area contributed by atoms with Crippen LogP contribution in [0, 0.1) is 6.54 Å². The standard InChI is InChI=1S/C5H11ClN.Co/c6-4-2-1-3-5-7;/h5H,1-4,7H2;/q-1;. The van der Waals surface area contributed by atoms with Crippen LogP contribution < -0.4 is 5.73 Å². The fraction of sp³-hybridized carbons (Fsp3) is 0.800. The van der Waals surface area contributed by atoms with Crippen molar-refractivity contribution in [3.8, 4) is 0 Å². The summed E-state index contributed by atoms with van der Waals surface area (Å²) in [4.78, 5) is 0. The molecule has 0 saturated carbocycles. The van der Waals surface area contributed by atoms with Gasteiger partial charge in [0.05, 0.1) is 0 Å². The van der Waals surface area contributed by atoms with Gasteiger partial charge in [-0.3, -0.25) is 6.54 Å². The number of unbranched alkanes of at least 4 members (excludes halogenated alkanes) is 2. The topological polar surface area (TPSA) is 26.0 Å². The van der Waals surface area contributed by atoms with E-state index in [1.807, 2.05) is 0 Å². The Bertz CT molecular complexity index is 31.6. The first-order valence-corrected chi connectivity index (χ1v) is 3.04. The summed E-state index contributed by atoms with van der Waals surface area (Å²) >= 11 is 5.38. The van der Waals surface area contributed by atoms with Crippen molar-refractivity contribution in [2.75, 3.05) is 5.88 Å². The average molecular weight is 180 g/mol. The third-order valence-electron chi connectivity index (χ3n) is 0.754. The van der Waals surface area contributed by atoms with Gasteiger partial charge in [-0.25, -0.2) is 0 Å². The van der Waals surface area contributed by atoms with Crippen LogP contribution in [0.1, 0.15) is 19.3 Å². The fourth-order valence-corrected chi connectivity index (χ4v) is 0.546. The molecule has 1 nitrogen and oxygen atoms in total. The first-order valence-electron chi connectivity index (χ1n) is 2.51. The SMILES string of the molecule is N[CH-]CCCCCl.[Co]. The molecule has 0 aliphatic rings. The van der Waals surface area contributed by atoms with E-state index in [2.05, 4.69) is 0 Å². The normalized spacial score (nSPS) is 8.25. The number of hydrogen-bond acceptors (Lipinski definition) is 1. The zero-order chi connectivity index (χ0) is 5.54. The summed E-state index contributed by atoms with van der Waals surface area (Å²) in [5, 5.41) is 0. The molecule has 0 aliphatic heterocycles. The molecular weight excluding hydrogens is 168 g/mol. The van der Waals surface area contributed by atoms with E-state index in [1.54, 1.807) is 6.54 Å². The number of hydrogen-bond donors (Lipinski definition) is 1. The molecule has 0 rings (SSSR count). The van der Waals surface area contributed by atoms with Crippen LogP contribution in [-0.4, -0.2) is 5.88 Å². The van der Waals surface area contributed by atoms with Gasteiger partial charge in [-0.15, -0.1) is 11.6 Å². The Morgan fingerprint density at radius 1 is 1.38 bits per heavy atom. The van der Waals surface area contributed by atoms with Crippen molar-refractivity contribution in [1.82, 2.24) is 0 Å². The Morgan fingerprint density at radius 3 is 2.38 bits per heavy atom. The Morgan fingerprint density at radius 2 is 2.00 bits per heavy atom. The van der Waals surface area contributed by atoms with Crippen molar-refractivity contribution < 1.29 is 16.8 Å². The van der Waals surface area contributed by atoms with Crippen LogP contribution in [0.2, 0.25) is 0 Å². The second-order valence-electron chi connectivity index (χ2n) is 1.42. The monoisotopic (exact) mass is 179 g/mol. The molecule has 0 aromatic carbocycles. The minimum atomic E-state index is 0. The van der Waals surface area contributed by atoms with Crippen LogP contribution in [0.25, 0.3) is 0 Å². The molecule has 0 heterocycles. The summed E-state index contributed by atoms with van der Waals surface area (Å²) in [6, 6.07) is 0. The summed E-state index contributed by atoms with van der Waals surface area (Å²) in [6.45, 7) is 1.67. The molecule has 0 saturated heterocycles. The van der Waals surface area contributed by atoms with Gasteiger partial charge in [0.2, 0.25) is 0 Å². The van der Waals surface area contributed by atoms with Crippen molar-refractivity contribution >= 4 is 11.6 Å². The molecule has 0 spiro atoms. The van der Waals surface area contributed by atoms with E-state index in [0.29, 0.717) is 0 Å². The molecule has 0 aromatic heterocycles. The Kier molecular flexibility index (Phi) is 15.4. The predicted octanol–water partition coefficient (Wildman–Crippen LogP) is 1.51. The number of rotatable bonds is 4. The molecule has 3 heteroatoms. The predicted molar refractivity (Wildman–Crippen MR) is 33.1 cm³/mol. The van der Waals surface area contributed by atoms with Crippen LogP contribution in [0.3, 0.4) is 0 Å². The van der Waals surface area contributed by atoms with Gasteiger partial charge in [0, 0.05) is 22.7 Å². The maximum atomic E-state index is 5.38. The van der Waals surface area contributed by atoms with Gasteiger partial charge >= 0.3 is 0 Å². The summed E-state index contributed by atoms with van der Waals surface area (Å²) < 4.78 is 0. The van der Waals surface area contributed by atoms with E-state index in [-0.39, 0.29) is 16.8 Å². The molecule has 8 heavy (non-hydrogen) atoms. The van der Waals surface area contributed by atoms with Crippen LogP contribution in [0.15, 0.2) is 0 Å². The third-order valence-corrected chi connectivity index (χ3v) is 1.02. The number of halogens is 1. The molecule has 0 unspecified atom stereocenters. The number of alkyl halides is 1. The Hall–Kier alpha value is 0.756. The van der Waals surface area contributed by atoms with E-state index in [4.69, 9.17) is 17.3 Å². The van der Waals surface area contributed by atoms with Gasteiger partial charge < -0.3 is 5.73 Å². The molecule has 0 amide bonds. The summed E-state index contributed by atoms with van der Waals surface area (Å²) in [6.07, 6.45) is 3.20. The van der Waals surface area contributed by atoms with Gasteiger partial charge in [0.1, 0.15) is 0 Å². The largest absolute Gasteiger partial charge is 0.483 e. The van der Waals surface area contributed by atoms with E-state index in [1.165, 1.54) is 0 Å². The molecule has 2 N–H and O–H groups in total. The molecule has 0 atom stereocenters. The summed E-state index contributed by atoms with van der Waals surface area (Å²) in [7, 11) is 0. The third kappa shape index (κ3) is 9.90. The van der Waals surface area contributed by atoms with Gasteiger partial charge in [-0.05, 0) is 6.42 Å². The zero-order valence-corrected chi connectivity index (χ0v) is 6.49. The molecule has 0 fully saturated rings. The van der Waals surface area contributed by atoms with Crippen LogP contribution in [0.5, 0.6) is 0 Å². The molecule has 0 aromatic rings. The summed E-state index contributed by atoms with van der Waals surface area (Å²) in [5.41, 5.74) is 5.10. The number of nitrogens with two attached hydrogens (primary N) is 1. The maximum absolute atomic E-state index is 5.38. The van der Waals surface area contributed by atoms with E-state index in [9.17, 15) is 0 Å². The molecule has 53 valence electrons. The zero-order valence-electron chi connectivity index (χ0n) is 4.69. The molecule has 1 radical (unpaired) electrons. The van der Waals surface area contributed by atoms with Crippen LogP contribution in [-0.2, 0) is 16.8 Å². The van der Waals surface area contributed by atoms with Gasteiger partial charge in [0.25, 0.3) is 0 Å². The molecule has 0 aliphatic carbocycles. The van der Waals surface area contributed by atoms with Crippen LogP contribution >= 0.6 is 11.6 Å². The van der Waals surface area contributed by atoms with Crippen molar-refractivity contribution in [3.05, 3.63) is 6.54 Å². The van der Waals surface area contributed by atoms with Crippen molar-refractivity contribution in [2.24, 2.45) is 5.73 Å². The van der Waals surface area contributed by atoms with Gasteiger partial charge in [-0.1, -0.05) is 6.42 Å². The Labute approximate surface area is 66.2 Å². The Balaban J connectivity index is 0. The molecular formula is C5H11ClCoN-. The van der Waals surface area contributed by atoms with E-state index < -0.39 is 0 Å². The summed E-state index contributed by atoms with van der Waals surface area (Å²) in [5.74, 6) is 0.758. The fourth-order valence-electron chi connectivity index (χ4n) is 0.357. The maximum Gasteiger partial charge on any atom is 0.0222 e. The first kappa shape index (κ1) is 11.5. The van der Waals surface area contributed by atoms with Crippen LogP contribution in [0.4, 0.5) is 0 Å². The minimum absolute atomic E-state index is 0. The smallest absolute Gasteiger partial charge is 0.0222 e. The van der Waals surface area contributed by atoms with Gasteiger partial charge in [0.15, 0.2) is 0 Å². The van der Waals surface area contributed by atoms with Crippen molar-refractivity contribution in [3.63, 3.8) is 0 Å². The second kappa shape index (κ2) is 10.7.